The summed E-state index contributed by atoms with van der Waals surface area (Å²) < 4.78 is 12.3. The van der Waals surface area contributed by atoms with E-state index in [0.29, 0.717) is 36.8 Å². The molecule has 8 heteroatoms. The number of aryl methyl sites for hydroxylation is 2. The van der Waals surface area contributed by atoms with Crippen molar-refractivity contribution < 1.29 is 19.1 Å². The molecule has 3 heterocycles. The van der Waals surface area contributed by atoms with E-state index in [0.717, 1.165) is 17.7 Å². The van der Waals surface area contributed by atoms with Crippen LogP contribution in [0.5, 0.6) is 11.5 Å². The highest BCUT2D eigenvalue weighted by molar-refractivity contribution is 5.94. The largest absolute Gasteiger partial charge is 0.454 e. The molecule has 1 aromatic heterocycles. The van der Waals surface area contributed by atoms with Gasteiger partial charge in [0.05, 0.1) is 12.1 Å². The molecule has 1 saturated heterocycles. The van der Waals surface area contributed by atoms with Crippen LogP contribution in [0, 0.1) is 6.92 Å². The topological polar surface area (TPSA) is 76.9 Å². The van der Waals surface area contributed by atoms with Crippen LogP contribution in [0.1, 0.15) is 35.1 Å². The van der Waals surface area contributed by atoms with E-state index in [9.17, 15) is 9.59 Å². The average Bonchev–Trinajstić information content (AvgIpc) is 3.39. The van der Waals surface area contributed by atoms with E-state index in [1.807, 2.05) is 26.0 Å². The fourth-order valence-corrected chi connectivity index (χ4v) is 3.49. The van der Waals surface area contributed by atoms with E-state index < -0.39 is 0 Å². The molecule has 2 aliphatic heterocycles. The zero-order chi connectivity index (χ0) is 19.0. The molecule has 0 atom stereocenters. The lowest BCUT2D eigenvalue weighted by molar-refractivity contribution is -0.139. The van der Waals surface area contributed by atoms with E-state index in [-0.39, 0.29) is 25.0 Å². The van der Waals surface area contributed by atoms with Crippen molar-refractivity contribution in [1.29, 1.82) is 0 Å². The average molecular weight is 370 g/mol. The molecule has 2 amide bonds. The Labute approximate surface area is 157 Å². The summed E-state index contributed by atoms with van der Waals surface area (Å²) in [5, 5.41) is 7.42. The number of rotatable bonds is 4. The molecular weight excluding hydrogens is 348 g/mol. The third kappa shape index (κ3) is 3.22. The van der Waals surface area contributed by atoms with Gasteiger partial charge in [-0.15, -0.1) is 0 Å². The van der Waals surface area contributed by atoms with Gasteiger partial charge in [0, 0.05) is 19.6 Å². The highest BCUT2D eigenvalue weighted by atomic mass is 16.7. The highest BCUT2D eigenvalue weighted by Gasteiger charge is 2.33. The van der Waals surface area contributed by atoms with Crippen LogP contribution in [0.3, 0.4) is 0 Å². The molecule has 0 unspecified atom stereocenters. The van der Waals surface area contributed by atoms with E-state index in [1.54, 1.807) is 21.8 Å². The van der Waals surface area contributed by atoms with Crippen molar-refractivity contribution in [2.45, 2.75) is 33.2 Å². The zero-order valence-corrected chi connectivity index (χ0v) is 15.5. The molecule has 142 valence electrons. The predicted octanol–water partition coefficient (Wildman–Crippen LogP) is 1.77. The normalized spacial score (nSPS) is 15.5. The number of benzene rings is 1. The molecule has 0 N–H and O–H groups in total. The molecule has 0 saturated carbocycles. The van der Waals surface area contributed by atoms with Crippen LogP contribution in [-0.2, 0) is 17.8 Å². The van der Waals surface area contributed by atoms with Gasteiger partial charge in [-0.25, -0.2) is 5.01 Å². The molecule has 1 aromatic carbocycles. The smallest absolute Gasteiger partial charge is 0.290 e. The van der Waals surface area contributed by atoms with Crippen molar-refractivity contribution in [1.82, 2.24) is 19.8 Å². The molecule has 4 rings (SSSR count). The lowest BCUT2D eigenvalue weighted by atomic mass is 10.1. The molecule has 2 aliphatic rings. The van der Waals surface area contributed by atoms with Gasteiger partial charge in [-0.2, -0.15) is 5.10 Å². The molecule has 1 fully saturated rings. The van der Waals surface area contributed by atoms with Crippen molar-refractivity contribution in [3.8, 4) is 11.5 Å². The summed E-state index contributed by atoms with van der Waals surface area (Å²) in [6.07, 6.45) is 0.963. The SMILES string of the molecule is CCn1nc(C)cc1C(=O)N1CCCN1C(=O)Cc1ccc2c(c1)OCO2. The maximum absolute atomic E-state index is 13.0. The Kier molecular flexibility index (Phi) is 4.47. The number of hydrogen-bond acceptors (Lipinski definition) is 5. The first-order valence-corrected chi connectivity index (χ1v) is 9.12. The number of fused-ring (bicyclic) bond motifs is 1. The van der Waals surface area contributed by atoms with Crippen LogP contribution in [0.2, 0.25) is 0 Å². The molecule has 0 bridgehead atoms. The first kappa shape index (κ1) is 17.4. The summed E-state index contributed by atoms with van der Waals surface area (Å²) in [5.74, 6) is 1.04. The van der Waals surface area contributed by atoms with Crippen molar-refractivity contribution in [3.05, 3.63) is 41.2 Å². The molecule has 8 nitrogen and oxygen atoms in total. The number of aromatic nitrogens is 2. The third-order valence-electron chi connectivity index (χ3n) is 4.77. The van der Waals surface area contributed by atoms with Gasteiger partial charge in [-0.05, 0) is 44.0 Å². The van der Waals surface area contributed by atoms with Gasteiger partial charge in [0.15, 0.2) is 11.5 Å². The second-order valence-corrected chi connectivity index (χ2v) is 6.65. The first-order chi connectivity index (χ1) is 13.1. The standard InChI is InChI=1S/C19H22N4O4/c1-3-21-15(9-13(2)20-21)19(25)23-8-4-7-22(23)18(24)11-14-5-6-16-17(10-14)27-12-26-16/h5-6,9-10H,3-4,7-8,11-12H2,1-2H3. The van der Waals surface area contributed by atoms with Crippen LogP contribution in [0.15, 0.2) is 24.3 Å². The quantitative estimate of drug-likeness (QED) is 0.820. The molecule has 2 aromatic rings. The predicted molar refractivity (Wildman–Crippen MR) is 96.3 cm³/mol. The van der Waals surface area contributed by atoms with Gasteiger partial charge in [0.1, 0.15) is 5.69 Å². The molecule has 0 aliphatic carbocycles. The van der Waals surface area contributed by atoms with Crippen LogP contribution >= 0.6 is 0 Å². The van der Waals surface area contributed by atoms with Gasteiger partial charge < -0.3 is 9.47 Å². The minimum Gasteiger partial charge on any atom is -0.454 e. The Morgan fingerprint density at radius 1 is 1.11 bits per heavy atom. The van der Waals surface area contributed by atoms with Gasteiger partial charge in [-0.1, -0.05) is 6.07 Å². The van der Waals surface area contributed by atoms with Crippen LogP contribution in [-0.4, -0.2) is 51.5 Å². The molecule has 0 spiro atoms. The van der Waals surface area contributed by atoms with Gasteiger partial charge in [0.25, 0.3) is 5.91 Å². The molecule has 0 radical (unpaired) electrons. The van der Waals surface area contributed by atoms with Gasteiger partial charge in [-0.3, -0.25) is 19.3 Å². The van der Waals surface area contributed by atoms with Gasteiger partial charge >= 0.3 is 0 Å². The summed E-state index contributed by atoms with van der Waals surface area (Å²) in [5.41, 5.74) is 2.13. The van der Waals surface area contributed by atoms with E-state index in [4.69, 9.17) is 9.47 Å². The monoisotopic (exact) mass is 370 g/mol. The Balaban J connectivity index is 1.50. The minimum absolute atomic E-state index is 0.112. The second kappa shape index (κ2) is 6.94. The van der Waals surface area contributed by atoms with Crippen LogP contribution in [0.25, 0.3) is 0 Å². The Bertz CT molecular complexity index is 892. The molecular formula is C19H22N4O4. The van der Waals surface area contributed by atoms with E-state index in [2.05, 4.69) is 5.10 Å². The Morgan fingerprint density at radius 2 is 1.89 bits per heavy atom. The summed E-state index contributed by atoms with van der Waals surface area (Å²) in [4.78, 5) is 25.9. The lowest BCUT2D eigenvalue weighted by Gasteiger charge is -2.28. The Morgan fingerprint density at radius 3 is 2.70 bits per heavy atom. The third-order valence-corrected chi connectivity index (χ3v) is 4.77. The van der Waals surface area contributed by atoms with Crippen molar-refractivity contribution >= 4 is 11.8 Å². The Hall–Kier alpha value is -3.03. The van der Waals surface area contributed by atoms with Crippen molar-refractivity contribution in [2.24, 2.45) is 0 Å². The number of nitrogens with zero attached hydrogens (tertiary/aromatic N) is 4. The summed E-state index contributed by atoms with van der Waals surface area (Å²) >= 11 is 0. The fourth-order valence-electron chi connectivity index (χ4n) is 3.49. The maximum atomic E-state index is 13.0. The zero-order valence-electron chi connectivity index (χ0n) is 15.5. The lowest BCUT2D eigenvalue weighted by Crippen LogP contribution is -2.46. The van der Waals surface area contributed by atoms with Crippen LogP contribution in [0.4, 0.5) is 0 Å². The summed E-state index contributed by atoms with van der Waals surface area (Å²) in [6.45, 7) is 5.67. The number of hydrogen-bond donors (Lipinski definition) is 0. The summed E-state index contributed by atoms with van der Waals surface area (Å²) in [7, 11) is 0. The number of amides is 2. The van der Waals surface area contributed by atoms with Gasteiger partial charge in [0.2, 0.25) is 12.7 Å². The first-order valence-electron chi connectivity index (χ1n) is 9.12. The van der Waals surface area contributed by atoms with Crippen molar-refractivity contribution in [2.75, 3.05) is 19.9 Å². The number of ether oxygens (including phenoxy) is 2. The van der Waals surface area contributed by atoms with E-state index in [1.165, 1.54) is 5.01 Å². The highest BCUT2D eigenvalue weighted by Crippen LogP contribution is 2.32. The fraction of sp³-hybridized carbons (Fsp3) is 0.421. The maximum Gasteiger partial charge on any atom is 0.290 e. The number of hydrazine groups is 1. The van der Waals surface area contributed by atoms with E-state index >= 15 is 0 Å². The summed E-state index contributed by atoms with van der Waals surface area (Å²) in [6, 6.07) is 7.24. The molecule has 27 heavy (non-hydrogen) atoms. The second-order valence-electron chi connectivity index (χ2n) is 6.65. The van der Waals surface area contributed by atoms with Crippen molar-refractivity contribution in [3.63, 3.8) is 0 Å². The number of carbonyl (C=O) groups is 2. The van der Waals surface area contributed by atoms with Crippen LogP contribution < -0.4 is 9.47 Å². The number of carbonyl (C=O) groups excluding carboxylic acids is 2. The minimum atomic E-state index is -0.186.